The normalized spacial score (nSPS) is 15.2. The molecule has 7 nitrogen and oxygen atoms in total. The second-order valence-corrected chi connectivity index (χ2v) is 9.53. The van der Waals surface area contributed by atoms with Gasteiger partial charge in [-0.05, 0) is 48.6 Å². The van der Waals surface area contributed by atoms with Crippen molar-refractivity contribution < 1.29 is 27.5 Å². The minimum absolute atomic E-state index is 0.126. The highest BCUT2D eigenvalue weighted by Crippen LogP contribution is 2.18. The number of ether oxygens (including phenoxy) is 2. The van der Waals surface area contributed by atoms with E-state index in [0.717, 1.165) is 6.42 Å². The molecule has 0 N–H and O–H groups in total. The molecule has 29 heavy (non-hydrogen) atoms. The second kappa shape index (κ2) is 10.1. The number of Topliss-reactive ketones (excluding diaryl/α,β-unsaturated/α-hetero) is 1. The number of nitrogens with zero attached hydrogens (tertiary/aromatic N) is 1. The van der Waals surface area contributed by atoms with Crippen molar-refractivity contribution in [2.75, 3.05) is 32.9 Å². The smallest absolute Gasteiger partial charge is 0.306 e. The predicted octanol–water partition coefficient (Wildman–Crippen LogP) is 2.52. The molecule has 0 aliphatic carbocycles. The Morgan fingerprint density at radius 1 is 1.10 bits per heavy atom. The Morgan fingerprint density at radius 3 is 2.48 bits per heavy atom. The highest BCUT2D eigenvalue weighted by molar-refractivity contribution is 7.89. The van der Waals surface area contributed by atoms with E-state index in [1.54, 1.807) is 11.3 Å². The fourth-order valence-electron chi connectivity index (χ4n) is 2.91. The first-order chi connectivity index (χ1) is 14.0. The first-order valence-electron chi connectivity index (χ1n) is 9.36. The van der Waals surface area contributed by atoms with Gasteiger partial charge in [-0.2, -0.15) is 4.31 Å². The van der Waals surface area contributed by atoms with Crippen LogP contribution in [0, 0.1) is 0 Å². The number of esters is 1. The minimum atomic E-state index is -3.60. The van der Waals surface area contributed by atoms with Crippen molar-refractivity contribution in [2.24, 2.45) is 0 Å². The molecule has 156 valence electrons. The van der Waals surface area contributed by atoms with Crippen LogP contribution in [0.15, 0.2) is 46.7 Å². The first-order valence-corrected chi connectivity index (χ1v) is 11.7. The maximum atomic E-state index is 12.6. The van der Waals surface area contributed by atoms with Crippen LogP contribution in [0.3, 0.4) is 0 Å². The van der Waals surface area contributed by atoms with Gasteiger partial charge in [-0.3, -0.25) is 9.59 Å². The summed E-state index contributed by atoms with van der Waals surface area (Å²) in [6, 6.07) is 9.68. The van der Waals surface area contributed by atoms with Crippen LogP contribution >= 0.6 is 11.3 Å². The van der Waals surface area contributed by atoms with Gasteiger partial charge in [0.1, 0.15) is 0 Å². The molecule has 0 amide bonds. The molecule has 0 bridgehead atoms. The van der Waals surface area contributed by atoms with Crippen molar-refractivity contribution in [2.45, 2.75) is 24.2 Å². The Labute approximate surface area is 174 Å². The van der Waals surface area contributed by atoms with E-state index < -0.39 is 16.0 Å². The standard InChI is InChI=1S/C20H23NO6S2/c22-19(15-27-20(23)5-1-3-17-4-2-14-28-17)16-6-8-18(9-7-16)29(24,25)21-10-12-26-13-11-21/h2,4,6-9,14H,1,3,5,10-13,15H2. The topological polar surface area (TPSA) is 90.0 Å². The number of hydrogen-bond donors (Lipinski definition) is 0. The number of carbonyl (C=O) groups excluding carboxylic acids is 2. The van der Waals surface area contributed by atoms with Crippen LogP contribution in [0.2, 0.25) is 0 Å². The molecule has 0 saturated carbocycles. The van der Waals surface area contributed by atoms with Gasteiger partial charge in [0.15, 0.2) is 12.4 Å². The molecule has 1 aromatic heterocycles. The number of sulfonamides is 1. The van der Waals surface area contributed by atoms with E-state index in [2.05, 4.69) is 0 Å². The quantitative estimate of drug-likeness (QED) is 0.442. The molecule has 2 aromatic rings. The van der Waals surface area contributed by atoms with Gasteiger partial charge in [0, 0.05) is 30.0 Å². The summed E-state index contributed by atoms with van der Waals surface area (Å²) in [6.45, 7) is 1.01. The van der Waals surface area contributed by atoms with Gasteiger partial charge in [-0.1, -0.05) is 6.07 Å². The Hall–Kier alpha value is -2.07. The second-order valence-electron chi connectivity index (χ2n) is 6.56. The van der Waals surface area contributed by atoms with E-state index in [0.29, 0.717) is 38.3 Å². The SMILES string of the molecule is O=C(CCCc1cccs1)OCC(=O)c1ccc(S(=O)(=O)N2CCOCC2)cc1. The fourth-order valence-corrected chi connectivity index (χ4v) is 5.07. The van der Waals surface area contributed by atoms with Crippen molar-refractivity contribution in [3.8, 4) is 0 Å². The molecular weight excluding hydrogens is 414 g/mol. The number of carbonyl (C=O) groups is 2. The number of benzene rings is 1. The van der Waals surface area contributed by atoms with Crippen molar-refractivity contribution in [1.82, 2.24) is 4.31 Å². The molecule has 0 radical (unpaired) electrons. The lowest BCUT2D eigenvalue weighted by atomic mass is 10.1. The molecule has 9 heteroatoms. The summed E-state index contributed by atoms with van der Waals surface area (Å²) in [4.78, 5) is 25.4. The number of thiophene rings is 1. The Balaban J connectivity index is 1.47. The van der Waals surface area contributed by atoms with Gasteiger partial charge in [-0.15, -0.1) is 11.3 Å². The first kappa shape index (κ1) is 21.6. The van der Waals surface area contributed by atoms with Gasteiger partial charge in [0.2, 0.25) is 10.0 Å². The van der Waals surface area contributed by atoms with Crippen LogP contribution in [0.1, 0.15) is 28.1 Å². The molecular formula is C20H23NO6S2. The molecule has 2 heterocycles. The lowest BCUT2D eigenvalue weighted by Gasteiger charge is -2.26. The maximum absolute atomic E-state index is 12.6. The molecule has 3 rings (SSSR count). The van der Waals surface area contributed by atoms with Crippen LogP contribution < -0.4 is 0 Å². The average Bonchev–Trinajstić information content (AvgIpc) is 3.26. The van der Waals surface area contributed by atoms with E-state index in [4.69, 9.17) is 9.47 Å². The predicted molar refractivity (Wildman–Crippen MR) is 109 cm³/mol. The van der Waals surface area contributed by atoms with Crippen molar-refractivity contribution >= 4 is 33.1 Å². The third-order valence-electron chi connectivity index (χ3n) is 4.53. The van der Waals surface area contributed by atoms with E-state index in [-0.39, 0.29) is 23.7 Å². The lowest BCUT2D eigenvalue weighted by molar-refractivity contribution is -0.142. The van der Waals surface area contributed by atoms with Crippen molar-refractivity contribution in [1.29, 1.82) is 0 Å². The van der Waals surface area contributed by atoms with E-state index >= 15 is 0 Å². The minimum Gasteiger partial charge on any atom is -0.457 e. The molecule has 0 atom stereocenters. The third-order valence-corrected chi connectivity index (χ3v) is 7.38. The summed E-state index contributed by atoms with van der Waals surface area (Å²) in [7, 11) is -3.60. The summed E-state index contributed by atoms with van der Waals surface area (Å²) >= 11 is 1.64. The largest absolute Gasteiger partial charge is 0.457 e. The van der Waals surface area contributed by atoms with Gasteiger partial charge >= 0.3 is 5.97 Å². The van der Waals surface area contributed by atoms with Gasteiger partial charge in [0.05, 0.1) is 18.1 Å². The van der Waals surface area contributed by atoms with Crippen LogP contribution in [0.25, 0.3) is 0 Å². The molecule has 0 unspecified atom stereocenters. The maximum Gasteiger partial charge on any atom is 0.306 e. The lowest BCUT2D eigenvalue weighted by Crippen LogP contribution is -2.40. The van der Waals surface area contributed by atoms with Gasteiger partial charge < -0.3 is 9.47 Å². The number of morpholine rings is 1. The van der Waals surface area contributed by atoms with Crippen LogP contribution in [-0.2, 0) is 30.7 Å². The molecule has 0 spiro atoms. The Morgan fingerprint density at radius 2 is 1.83 bits per heavy atom. The Bertz CT molecular complexity index is 916. The summed E-state index contributed by atoms with van der Waals surface area (Å²) in [5, 5.41) is 1.99. The molecule has 1 aliphatic rings. The monoisotopic (exact) mass is 437 g/mol. The highest BCUT2D eigenvalue weighted by atomic mass is 32.2. The highest BCUT2D eigenvalue weighted by Gasteiger charge is 2.26. The summed E-state index contributed by atoms with van der Waals surface area (Å²) < 4.78 is 36.8. The summed E-state index contributed by atoms with van der Waals surface area (Å²) in [5.41, 5.74) is 0.303. The van der Waals surface area contributed by atoms with Crippen molar-refractivity contribution in [3.63, 3.8) is 0 Å². The fraction of sp³-hybridized carbons (Fsp3) is 0.400. The summed E-state index contributed by atoms with van der Waals surface area (Å²) in [5.74, 6) is -0.784. The molecule has 1 fully saturated rings. The zero-order valence-corrected chi connectivity index (χ0v) is 17.5. The van der Waals surface area contributed by atoms with Crippen LogP contribution in [-0.4, -0.2) is 57.4 Å². The molecule has 1 aliphatic heterocycles. The number of aryl methyl sites for hydroxylation is 1. The van der Waals surface area contributed by atoms with E-state index in [9.17, 15) is 18.0 Å². The van der Waals surface area contributed by atoms with E-state index in [1.807, 2.05) is 17.5 Å². The zero-order valence-electron chi connectivity index (χ0n) is 15.9. The van der Waals surface area contributed by atoms with Crippen molar-refractivity contribution in [3.05, 3.63) is 52.2 Å². The van der Waals surface area contributed by atoms with Crippen LogP contribution in [0.4, 0.5) is 0 Å². The van der Waals surface area contributed by atoms with Gasteiger partial charge in [0.25, 0.3) is 0 Å². The zero-order chi connectivity index (χ0) is 20.7. The number of hydrogen-bond acceptors (Lipinski definition) is 7. The van der Waals surface area contributed by atoms with Crippen LogP contribution in [0.5, 0.6) is 0 Å². The molecule has 1 saturated heterocycles. The van der Waals surface area contributed by atoms with E-state index in [1.165, 1.54) is 33.4 Å². The molecule has 1 aromatic carbocycles. The number of rotatable bonds is 9. The number of ketones is 1. The third kappa shape index (κ3) is 5.96. The average molecular weight is 438 g/mol. The summed E-state index contributed by atoms with van der Waals surface area (Å²) in [6.07, 6.45) is 1.73. The van der Waals surface area contributed by atoms with Gasteiger partial charge in [-0.25, -0.2) is 8.42 Å². The Kier molecular flexibility index (Phi) is 7.54.